The molecular weight excluding hydrogens is 164 g/mol. The van der Waals surface area contributed by atoms with Gasteiger partial charge in [-0.25, -0.2) is 0 Å². The Morgan fingerprint density at radius 1 is 1.15 bits per heavy atom. The Hall–Kier alpha value is -0.0800. The molecule has 0 radical (unpaired) electrons. The van der Waals surface area contributed by atoms with E-state index >= 15 is 0 Å². The number of aliphatic hydroxyl groups excluding tert-OH is 1. The molecule has 1 aliphatic rings. The highest BCUT2D eigenvalue weighted by Gasteiger charge is 2.21. The first-order chi connectivity index (χ1) is 5.97. The Kier molecular flexibility index (Phi) is 3.74. The smallest absolute Gasteiger partial charge is 0.0598 e. The molecule has 78 valence electrons. The topological polar surface area (TPSA) is 29.5 Å². The molecule has 2 nitrogen and oxygen atoms in total. The molecule has 0 spiro atoms. The Bertz CT molecular complexity index is 141. The van der Waals surface area contributed by atoms with Gasteiger partial charge in [0.1, 0.15) is 0 Å². The maximum absolute atomic E-state index is 9.31. The maximum Gasteiger partial charge on any atom is 0.0598 e. The van der Waals surface area contributed by atoms with Crippen LogP contribution in [0.2, 0.25) is 0 Å². The van der Waals surface area contributed by atoms with Gasteiger partial charge in [0.15, 0.2) is 0 Å². The molecule has 1 rings (SSSR count). The van der Waals surface area contributed by atoms with Crippen molar-refractivity contribution in [3.05, 3.63) is 0 Å². The van der Waals surface area contributed by atoms with E-state index in [-0.39, 0.29) is 11.7 Å². The van der Waals surface area contributed by atoms with Crippen LogP contribution in [0.5, 0.6) is 0 Å². The fourth-order valence-corrected chi connectivity index (χ4v) is 1.68. The van der Waals surface area contributed by atoms with Crippen molar-refractivity contribution >= 4 is 0 Å². The predicted octanol–water partition coefficient (Wildman–Crippen LogP) is 2.35. The van der Waals surface area contributed by atoms with Crippen LogP contribution >= 0.6 is 0 Å². The highest BCUT2D eigenvalue weighted by atomic mass is 16.5. The van der Waals surface area contributed by atoms with Crippen molar-refractivity contribution in [2.24, 2.45) is 5.92 Å². The first-order valence-corrected chi connectivity index (χ1v) is 5.29. The molecule has 0 bridgehead atoms. The third-order valence-electron chi connectivity index (χ3n) is 2.57. The van der Waals surface area contributed by atoms with E-state index in [1.807, 2.05) is 0 Å². The van der Waals surface area contributed by atoms with E-state index in [9.17, 15) is 5.11 Å². The van der Waals surface area contributed by atoms with Crippen LogP contribution in [0.4, 0.5) is 0 Å². The highest BCUT2D eigenvalue weighted by Crippen LogP contribution is 2.25. The largest absolute Gasteiger partial charge is 0.393 e. The van der Waals surface area contributed by atoms with Crippen molar-refractivity contribution in [1.29, 1.82) is 0 Å². The molecule has 0 heterocycles. The molecule has 0 aromatic carbocycles. The van der Waals surface area contributed by atoms with Gasteiger partial charge in [0.25, 0.3) is 0 Å². The summed E-state index contributed by atoms with van der Waals surface area (Å²) in [6.07, 6.45) is 4.11. The van der Waals surface area contributed by atoms with Crippen molar-refractivity contribution in [3.8, 4) is 0 Å². The highest BCUT2D eigenvalue weighted by molar-refractivity contribution is 4.72. The second kappa shape index (κ2) is 4.43. The van der Waals surface area contributed by atoms with E-state index in [1.165, 1.54) is 0 Å². The van der Waals surface area contributed by atoms with Crippen molar-refractivity contribution in [1.82, 2.24) is 0 Å². The van der Waals surface area contributed by atoms with Gasteiger partial charge in [-0.3, -0.25) is 0 Å². The number of ether oxygens (including phenoxy) is 1. The van der Waals surface area contributed by atoms with E-state index in [0.717, 1.165) is 32.3 Å². The minimum atomic E-state index is -0.0501. The zero-order chi connectivity index (χ0) is 9.90. The number of hydrogen-bond acceptors (Lipinski definition) is 2. The molecule has 0 unspecified atom stereocenters. The molecule has 0 amide bonds. The fourth-order valence-electron chi connectivity index (χ4n) is 1.68. The first kappa shape index (κ1) is 11.0. The molecule has 0 saturated heterocycles. The molecule has 13 heavy (non-hydrogen) atoms. The maximum atomic E-state index is 9.31. The summed E-state index contributed by atoms with van der Waals surface area (Å²) in [4.78, 5) is 0. The van der Waals surface area contributed by atoms with Crippen molar-refractivity contribution in [2.75, 3.05) is 6.61 Å². The van der Waals surface area contributed by atoms with E-state index in [1.54, 1.807) is 0 Å². The third-order valence-corrected chi connectivity index (χ3v) is 2.57. The Labute approximate surface area is 81.3 Å². The van der Waals surface area contributed by atoms with E-state index in [0.29, 0.717) is 5.92 Å². The molecule has 0 aromatic rings. The molecule has 2 heteroatoms. The fraction of sp³-hybridized carbons (Fsp3) is 1.00. The molecular formula is C11H22O2. The lowest BCUT2D eigenvalue weighted by molar-refractivity contribution is -0.0346. The summed E-state index contributed by atoms with van der Waals surface area (Å²) in [5, 5.41) is 9.31. The van der Waals surface area contributed by atoms with Crippen LogP contribution in [-0.2, 0) is 4.74 Å². The summed E-state index contributed by atoms with van der Waals surface area (Å²) in [5.74, 6) is 0.669. The van der Waals surface area contributed by atoms with Gasteiger partial charge in [-0.2, -0.15) is 0 Å². The van der Waals surface area contributed by atoms with Gasteiger partial charge in [-0.1, -0.05) is 0 Å². The second-order valence-electron chi connectivity index (χ2n) is 5.10. The molecule has 1 saturated carbocycles. The number of rotatable bonds is 2. The lowest BCUT2D eigenvalue weighted by Crippen LogP contribution is -2.27. The van der Waals surface area contributed by atoms with Gasteiger partial charge in [0.2, 0.25) is 0 Å². The van der Waals surface area contributed by atoms with Gasteiger partial charge in [0.05, 0.1) is 18.3 Å². The van der Waals surface area contributed by atoms with Gasteiger partial charge in [0, 0.05) is 0 Å². The minimum absolute atomic E-state index is 0.0178. The Balaban J connectivity index is 2.16. The summed E-state index contributed by atoms with van der Waals surface area (Å²) >= 11 is 0. The lowest BCUT2D eigenvalue weighted by Gasteiger charge is -2.28. The van der Waals surface area contributed by atoms with Crippen LogP contribution in [0.25, 0.3) is 0 Å². The van der Waals surface area contributed by atoms with E-state index < -0.39 is 0 Å². The second-order valence-corrected chi connectivity index (χ2v) is 5.10. The monoisotopic (exact) mass is 186 g/mol. The minimum Gasteiger partial charge on any atom is -0.393 e. The summed E-state index contributed by atoms with van der Waals surface area (Å²) in [6.45, 7) is 7.12. The summed E-state index contributed by atoms with van der Waals surface area (Å²) < 4.78 is 5.72. The van der Waals surface area contributed by atoms with E-state index in [2.05, 4.69) is 20.8 Å². The normalized spacial score (nSPS) is 30.5. The Morgan fingerprint density at radius 2 is 1.69 bits per heavy atom. The van der Waals surface area contributed by atoms with Crippen molar-refractivity contribution < 1.29 is 9.84 Å². The average molecular weight is 186 g/mol. The standard InChI is InChI=1S/C11H22O2/c1-11(2,3)13-8-9-4-6-10(12)7-5-9/h9-10,12H,4-8H2,1-3H3/t9-,10+. The van der Waals surface area contributed by atoms with Gasteiger partial charge >= 0.3 is 0 Å². The predicted molar refractivity (Wildman–Crippen MR) is 53.7 cm³/mol. The zero-order valence-corrected chi connectivity index (χ0v) is 9.05. The quantitative estimate of drug-likeness (QED) is 0.717. The Morgan fingerprint density at radius 3 is 2.15 bits per heavy atom. The van der Waals surface area contributed by atoms with Crippen molar-refractivity contribution in [3.63, 3.8) is 0 Å². The van der Waals surface area contributed by atoms with Crippen LogP contribution < -0.4 is 0 Å². The van der Waals surface area contributed by atoms with Gasteiger partial charge in [-0.05, 0) is 52.4 Å². The summed E-state index contributed by atoms with van der Waals surface area (Å²) in [7, 11) is 0. The molecule has 1 N–H and O–H groups in total. The number of hydrogen-bond donors (Lipinski definition) is 1. The molecule has 1 aliphatic carbocycles. The number of aliphatic hydroxyl groups is 1. The van der Waals surface area contributed by atoms with Crippen LogP contribution in [0.3, 0.4) is 0 Å². The van der Waals surface area contributed by atoms with Crippen LogP contribution in [0.1, 0.15) is 46.5 Å². The van der Waals surface area contributed by atoms with Crippen LogP contribution in [-0.4, -0.2) is 23.4 Å². The zero-order valence-electron chi connectivity index (χ0n) is 9.05. The average Bonchev–Trinajstić information content (AvgIpc) is 2.02. The van der Waals surface area contributed by atoms with Crippen LogP contribution in [0, 0.1) is 5.92 Å². The third kappa shape index (κ3) is 4.63. The summed E-state index contributed by atoms with van der Waals surface area (Å²) in [5.41, 5.74) is -0.0178. The SMILES string of the molecule is CC(C)(C)OC[C@H]1CC[C@@H](O)CC1. The molecule has 0 atom stereocenters. The van der Waals surface area contributed by atoms with E-state index in [4.69, 9.17) is 4.74 Å². The summed E-state index contributed by atoms with van der Waals surface area (Å²) in [6, 6.07) is 0. The first-order valence-electron chi connectivity index (χ1n) is 5.29. The van der Waals surface area contributed by atoms with Crippen molar-refractivity contribution in [2.45, 2.75) is 58.2 Å². The van der Waals surface area contributed by atoms with Crippen LogP contribution in [0.15, 0.2) is 0 Å². The lowest BCUT2D eigenvalue weighted by atomic mass is 9.88. The van der Waals surface area contributed by atoms with Gasteiger partial charge < -0.3 is 9.84 Å². The molecule has 0 aromatic heterocycles. The molecule has 1 fully saturated rings. The van der Waals surface area contributed by atoms with Gasteiger partial charge in [-0.15, -0.1) is 0 Å². The molecule has 0 aliphatic heterocycles.